The van der Waals surface area contributed by atoms with E-state index >= 15 is 0 Å². The summed E-state index contributed by atoms with van der Waals surface area (Å²) in [6.07, 6.45) is 1.40. The fourth-order valence-electron chi connectivity index (χ4n) is 2.42. The molecule has 0 atom stereocenters. The minimum Gasteiger partial charge on any atom is -0.492 e. The van der Waals surface area contributed by atoms with Gasteiger partial charge < -0.3 is 10.1 Å². The monoisotopic (exact) mass is 337 g/mol. The Hall–Kier alpha value is -3.15. The predicted octanol–water partition coefficient (Wildman–Crippen LogP) is 1.90. The molecular formula is C19H19N3O3. The van der Waals surface area contributed by atoms with Gasteiger partial charge in [0.25, 0.3) is 5.56 Å². The molecule has 6 heteroatoms. The molecule has 6 nitrogen and oxygen atoms in total. The van der Waals surface area contributed by atoms with Crippen molar-refractivity contribution in [1.82, 2.24) is 14.9 Å². The van der Waals surface area contributed by atoms with E-state index in [1.54, 1.807) is 18.2 Å². The molecule has 0 bridgehead atoms. The van der Waals surface area contributed by atoms with E-state index in [0.717, 1.165) is 11.3 Å². The normalized spacial score (nSPS) is 10.6. The number of aryl methyl sites for hydroxylation is 1. The Balaban J connectivity index is 1.52. The van der Waals surface area contributed by atoms with Crippen LogP contribution < -0.4 is 15.6 Å². The van der Waals surface area contributed by atoms with Crippen molar-refractivity contribution in [3.8, 4) is 5.75 Å². The number of nitrogens with one attached hydrogen (secondary N) is 1. The van der Waals surface area contributed by atoms with Crippen LogP contribution in [0, 0.1) is 6.92 Å². The fraction of sp³-hybridized carbons (Fsp3) is 0.211. The van der Waals surface area contributed by atoms with E-state index in [2.05, 4.69) is 10.3 Å². The quantitative estimate of drug-likeness (QED) is 0.697. The number of para-hydroxylation sites is 1. The zero-order chi connectivity index (χ0) is 17.6. The molecule has 0 saturated carbocycles. The standard InChI is InChI=1S/C19H19N3O3/c1-14-6-8-15(9-7-14)25-11-10-20-18(23)12-22-13-21-17-5-3-2-4-16(17)19(22)24/h2-9,13H,10-12H2,1H3,(H,20,23). The van der Waals surface area contributed by atoms with Gasteiger partial charge in [-0.05, 0) is 31.2 Å². The van der Waals surface area contributed by atoms with Gasteiger partial charge in [0.15, 0.2) is 0 Å². The highest BCUT2D eigenvalue weighted by Crippen LogP contribution is 2.10. The van der Waals surface area contributed by atoms with E-state index in [4.69, 9.17) is 4.74 Å². The SMILES string of the molecule is Cc1ccc(OCCNC(=O)Cn2cnc3ccccc3c2=O)cc1. The van der Waals surface area contributed by atoms with Gasteiger partial charge in [0.1, 0.15) is 18.9 Å². The highest BCUT2D eigenvalue weighted by molar-refractivity contribution is 5.78. The van der Waals surface area contributed by atoms with Crippen LogP contribution in [-0.2, 0) is 11.3 Å². The Morgan fingerprint density at radius 2 is 1.92 bits per heavy atom. The van der Waals surface area contributed by atoms with E-state index in [0.29, 0.717) is 24.1 Å². The van der Waals surface area contributed by atoms with Gasteiger partial charge in [0, 0.05) is 0 Å². The molecule has 0 aliphatic carbocycles. The summed E-state index contributed by atoms with van der Waals surface area (Å²) in [5.74, 6) is 0.501. The van der Waals surface area contributed by atoms with Gasteiger partial charge in [-0.15, -0.1) is 0 Å². The lowest BCUT2D eigenvalue weighted by molar-refractivity contribution is -0.121. The Morgan fingerprint density at radius 1 is 1.16 bits per heavy atom. The number of benzene rings is 2. The van der Waals surface area contributed by atoms with Crippen LogP contribution in [0.2, 0.25) is 0 Å². The molecule has 0 spiro atoms. The van der Waals surface area contributed by atoms with Gasteiger partial charge in [0.05, 0.1) is 23.8 Å². The van der Waals surface area contributed by atoms with Crippen LogP contribution in [0.25, 0.3) is 10.9 Å². The molecule has 1 N–H and O–H groups in total. The fourth-order valence-corrected chi connectivity index (χ4v) is 2.42. The highest BCUT2D eigenvalue weighted by atomic mass is 16.5. The Labute approximate surface area is 145 Å². The van der Waals surface area contributed by atoms with Crippen molar-refractivity contribution in [1.29, 1.82) is 0 Å². The average Bonchev–Trinajstić information content (AvgIpc) is 2.63. The lowest BCUT2D eigenvalue weighted by Gasteiger charge is -2.09. The number of hydrogen-bond donors (Lipinski definition) is 1. The maximum Gasteiger partial charge on any atom is 0.261 e. The van der Waals surface area contributed by atoms with Crippen molar-refractivity contribution in [3.05, 3.63) is 70.8 Å². The van der Waals surface area contributed by atoms with Crippen molar-refractivity contribution in [3.63, 3.8) is 0 Å². The summed E-state index contributed by atoms with van der Waals surface area (Å²) in [7, 11) is 0. The zero-order valence-corrected chi connectivity index (χ0v) is 13.9. The molecule has 1 amide bonds. The maximum atomic E-state index is 12.3. The highest BCUT2D eigenvalue weighted by Gasteiger charge is 2.07. The van der Waals surface area contributed by atoms with Gasteiger partial charge in [-0.3, -0.25) is 14.2 Å². The van der Waals surface area contributed by atoms with E-state index < -0.39 is 0 Å². The molecule has 3 aromatic rings. The second-order valence-electron chi connectivity index (χ2n) is 5.71. The van der Waals surface area contributed by atoms with Crippen LogP contribution in [0.3, 0.4) is 0 Å². The number of amides is 1. The number of ether oxygens (including phenoxy) is 1. The molecule has 128 valence electrons. The van der Waals surface area contributed by atoms with E-state index in [-0.39, 0.29) is 18.0 Å². The van der Waals surface area contributed by atoms with Crippen LogP contribution in [0.4, 0.5) is 0 Å². The second-order valence-corrected chi connectivity index (χ2v) is 5.71. The van der Waals surface area contributed by atoms with Crippen molar-refractivity contribution in [2.24, 2.45) is 0 Å². The van der Waals surface area contributed by atoms with Gasteiger partial charge in [-0.2, -0.15) is 0 Å². The molecule has 0 aliphatic heterocycles. The van der Waals surface area contributed by atoms with E-state index in [1.807, 2.05) is 37.3 Å². The molecule has 3 rings (SSSR count). The molecule has 0 fully saturated rings. The van der Waals surface area contributed by atoms with E-state index in [9.17, 15) is 9.59 Å². The minimum atomic E-state index is -0.258. The Kier molecular flexibility index (Phi) is 5.09. The average molecular weight is 337 g/mol. The van der Waals surface area contributed by atoms with Crippen molar-refractivity contribution < 1.29 is 9.53 Å². The number of carbonyl (C=O) groups is 1. The molecule has 25 heavy (non-hydrogen) atoms. The first-order chi connectivity index (χ1) is 12.1. The van der Waals surface area contributed by atoms with Gasteiger partial charge in [-0.25, -0.2) is 4.98 Å². The van der Waals surface area contributed by atoms with Crippen LogP contribution in [0.1, 0.15) is 5.56 Å². The number of aromatic nitrogens is 2. The first-order valence-electron chi connectivity index (χ1n) is 8.04. The predicted molar refractivity (Wildman–Crippen MR) is 95.7 cm³/mol. The first kappa shape index (κ1) is 16.7. The third-order valence-corrected chi connectivity index (χ3v) is 3.76. The largest absolute Gasteiger partial charge is 0.492 e. The van der Waals surface area contributed by atoms with Crippen molar-refractivity contribution in [2.45, 2.75) is 13.5 Å². The van der Waals surface area contributed by atoms with Crippen LogP contribution in [0.15, 0.2) is 59.7 Å². The van der Waals surface area contributed by atoms with Crippen LogP contribution in [0.5, 0.6) is 5.75 Å². The third kappa shape index (κ3) is 4.23. The molecule has 0 aliphatic rings. The molecule has 0 radical (unpaired) electrons. The number of hydrogen-bond acceptors (Lipinski definition) is 4. The number of rotatable bonds is 6. The summed E-state index contributed by atoms with van der Waals surface area (Å²) in [5, 5.41) is 3.24. The summed E-state index contributed by atoms with van der Waals surface area (Å²) in [5.41, 5.74) is 1.56. The summed E-state index contributed by atoms with van der Waals surface area (Å²) in [6.45, 7) is 2.66. The number of fused-ring (bicyclic) bond motifs is 1. The molecule has 2 aromatic carbocycles. The zero-order valence-electron chi connectivity index (χ0n) is 13.9. The minimum absolute atomic E-state index is 0.0683. The Morgan fingerprint density at radius 3 is 2.72 bits per heavy atom. The summed E-state index contributed by atoms with van der Waals surface area (Å²) >= 11 is 0. The number of nitrogens with zero attached hydrogens (tertiary/aromatic N) is 2. The third-order valence-electron chi connectivity index (χ3n) is 3.76. The maximum absolute atomic E-state index is 12.3. The second kappa shape index (κ2) is 7.61. The smallest absolute Gasteiger partial charge is 0.261 e. The first-order valence-corrected chi connectivity index (χ1v) is 8.04. The summed E-state index contributed by atoms with van der Waals surface area (Å²) in [4.78, 5) is 28.5. The van der Waals surface area contributed by atoms with Gasteiger partial charge in [-0.1, -0.05) is 29.8 Å². The lowest BCUT2D eigenvalue weighted by Crippen LogP contribution is -2.34. The van der Waals surface area contributed by atoms with E-state index in [1.165, 1.54) is 10.9 Å². The van der Waals surface area contributed by atoms with Gasteiger partial charge >= 0.3 is 0 Å². The number of carbonyl (C=O) groups excluding carboxylic acids is 1. The van der Waals surface area contributed by atoms with Crippen LogP contribution >= 0.6 is 0 Å². The topological polar surface area (TPSA) is 73.2 Å². The summed E-state index contributed by atoms with van der Waals surface area (Å²) < 4.78 is 6.85. The molecular weight excluding hydrogens is 318 g/mol. The molecule has 0 saturated heterocycles. The summed E-state index contributed by atoms with van der Waals surface area (Å²) in [6, 6.07) is 14.8. The van der Waals surface area contributed by atoms with Crippen molar-refractivity contribution >= 4 is 16.8 Å². The Bertz CT molecular complexity index is 933. The molecule has 1 aromatic heterocycles. The lowest BCUT2D eigenvalue weighted by atomic mass is 10.2. The molecule has 1 heterocycles. The molecule has 0 unspecified atom stereocenters. The van der Waals surface area contributed by atoms with Crippen molar-refractivity contribution in [2.75, 3.05) is 13.2 Å². The van der Waals surface area contributed by atoms with Gasteiger partial charge in [0.2, 0.25) is 5.91 Å². The van der Waals surface area contributed by atoms with Crippen LogP contribution in [-0.4, -0.2) is 28.6 Å².